The van der Waals surface area contributed by atoms with Crippen LogP contribution in [-0.4, -0.2) is 24.1 Å². The first kappa shape index (κ1) is 8.30. The van der Waals surface area contributed by atoms with Gasteiger partial charge >= 0.3 is 0 Å². The molecule has 0 saturated carbocycles. The maximum atomic E-state index is 5.91. The molecule has 3 rings (SSSR count). The lowest BCUT2D eigenvalue weighted by atomic mass is 10.0. The zero-order chi connectivity index (χ0) is 9.54. The molecule has 0 spiro atoms. The number of nitrogens with zero attached hydrogens (tertiary/aromatic N) is 1. The highest BCUT2D eigenvalue weighted by Gasteiger charge is 2.38. The summed E-state index contributed by atoms with van der Waals surface area (Å²) in [5.74, 6) is 1.10. The average Bonchev–Trinajstić information content (AvgIpc) is 2.56. The van der Waals surface area contributed by atoms with E-state index >= 15 is 0 Å². The SMILES string of the molecule is CCN1CC2CC1c1ccccc1O2. The Morgan fingerprint density at radius 2 is 2.29 bits per heavy atom. The summed E-state index contributed by atoms with van der Waals surface area (Å²) in [7, 11) is 0. The van der Waals surface area contributed by atoms with Crippen LogP contribution in [0.4, 0.5) is 0 Å². The Bertz CT molecular complexity index is 350. The predicted octanol–water partition coefficient (Wildman–Crippen LogP) is 2.21. The van der Waals surface area contributed by atoms with Crippen molar-refractivity contribution in [2.24, 2.45) is 0 Å². The summed E-state index contributed by atoms with van der Waals surface area (Å²) in [5.41, 5.74) is 1.38. The van der Waals surface area contributed by atoms with E-state index in [1.54, 1.807) is 0 Å². The molecule has 0 N–H and O–H groups in total. The van der Waals surface area contributed by atoms with Crippen LogP contribution >= 0.6 is 0 Å². The van der Waals surface area contributed by atoms with E-state index in [1.807, 2.05) is 0 Å². The summed E-state index contributed by atoms with van der Waals surface area (Å²) in [6.07, 6.45) is 1.60. The van der Waals surface area contributed by atoms with E-state index in [1.165, 1.54) is 12.0 Å². The van der Waals surface area contributed by atoms with E-state index in [0.29, 0.717) is 12.1 Å². The standard InChI is InChI=1S/C12H15NO/c1-2-13-8-9-7-11(13)10-5-3-4-6-12(10)14-9/h3-6,9,11H,2,7-8H2,1H3. The van der Waals surface area contributed by atoms with Gasteiger partial charge in [0.25, 0.3) is 0 Å². The van der Waals surface area contributed by atoms with Gasteiger partial charge in [0.2, 0.25) is 0 Å². The largest absolute Gasteiger partial charge is 0.489 e. The van der Waals surface area contributed by atoms with Crippen molar-refractivity contribution in [1.29, 1.82) is 0 Å². The molecule has 2 heteroatoms. The lowest BCUT2D eigenvalue weighted by Crippen LogP contribution is -2.23. The summed E-state index contributed by atoms with van der Waals surface area (Å²) in [6.45, 7) is 4.44. The fraction of sp³-hybridized carbons (Fsp3) is 0.500. The molecule has 74 valence electrons. The van der Waals surface area contributed by atoms with Crippen LogP contribution in [-0.2, 0) is 0 Å². The van der Waals surface area contributed by atoms with Gasteiger partial charge in [0.1, 0.15) is 11.9 Å². The van der Waals surface area contributed by atoms with Gasteiger partial charge in [0.05, 0.1) is 0 Å². The third-order valence-electron chi connectivity index (χ3n) is 3.34. The van der Waals surface area contributed by atoms with Crippen molar-refractivity contribution in [3.8, 4) is 5.75 Å². The first-order valence-corrected chi connectivity index (χ1v) is 5.38. The molecule has 2 aliphatic heterocycles. The highest BCUT2D eigenvalue weighted by molar-refractivity contribution is 5.39. The van der Waals surface area contributed by atoms with Crippen molar-refractivity contribution >= 4 is 0 Å². The number of hydrogen-bond acceptors (Lipinski definition) is 2. The molecule has 0 radical (unpaired) electrons. The Morgan fingerprint density at radius 3 is 3.14 bits per heavy atom. The van der Waals surface area contributed by atoms with Gasteiger partial charge < -0.3 is 4.74 Å². The molecule has 2 bridgehead atoms. The van der Waals surface area contributed by atoms with Crippen molar-refractivity contribution in [2.45, 2.75) is 25.5 Å². The Morgan fingerprint density at radius 1 is 1.43 bits per heavy atom. The summed E-state index contributed by atoms with van der Waals surface area (Å²) in [4.78, 5) is 2.51. The minimum Gasteiger partial charge on any atom is -0.489 e. The normalized spacial score (nSPS) is 29.8. The number of ether oxygens (including phenoxy) is 1. The molecule has 2 atom stereocenters. The fourth-order valence-corrected chi connectivity index (χ4v) is 2.66. The van der Waals surface area contributed by atoms with Gasteiger partial charge in [-0.1, -0.05) is 25.1 Å². The van der Waals surface area contributed by atoms with Gasteiger partial charge in [-0.25, -0.2) is 0 Å². The molecule has 14 heavy (non-hydrogen) atoms. The van der Waals surface area contributed by atoms with Crippen molar-refractivity contribution in [3.05, 3.63) is 29.8 Å². The van der Waals surface area contributed by atoms with Crippen molar-refractivity contribution in [3.63, 3.8) is 0 Å². The molecule has 1 fully saturated rings. The lowest BCUT2D eigenvalue weighted by molar-refractivity contribution is 0.202. The summed E-state index contributed by atoms with van der Waals surface area (Å²) in [6, 6.07) is 9.06. The zero-order valence-corrected chi connectivity index (χ0v) is 8.44. The zero-order valence-electron chi connectivity index (χ0n) is 8.44. The average molecular weight is 189 g/mol. The maximum absolute atomic E-state index is 5.91. The summed E-state index contributed by atoms with van der Waals surface area (Å²) in [5, 5.41) is 0. The van der Waals surface area contributed by atoms with Gasteiger partial charge in [-0.3, -0.25) is 4.90 Å². The van der Waals surface area contributed by atoms with E-state index in [2.05, 4.69) is 36.1 Å². The van der Waals surface area contributed by atoms with Crippen LogP contribution in [0.1, 0.15) is 24.9 Å². The topological polar surface area (TPSA) is 12.5 Å². The Labute approximate surface area is 84.5 Å². The molecular weight excluding hydrogens is 174 g/mol. The molecule has 0 amide bonds. The smallest absolute Gasteiger partial charge is 0.124 e. The number of likely N-dealkylation sites (N-methyl/N-ethyl adjacent to an activating group) is 1. The molecule has 1 aromatic rings. The van der Waals surface area contributed by atoms with Gasteiger partial charge in [-0.15, -0.1) is 0 Å². The Kier molecular flexibility index (Phi) is 1.77. The number of fused-ring (bicyclic) bond motifs is 4. The van der Waals surface area contributed by atoms with E-state index in [9.17, 15) is 0 Å². The second-order valence-electron chi connectivity index (χ2n) is 4.12. The second kappa shape index (κ2) is 2.99. The van der Waals surface area contributed by atoms with Crippen LogP contribution in [0.15, 0.2) is 24.3 Å². The Hall–Kier alpha value is -1.02. The number of rotatable bonds is 1. The lowest BCUT2D eigenvalue weighted by Gasteiger charge is -2.25. The molecule has 0 aliphatic carbocycles. The third-order valence-corrected chi connectivity index (χ3v) is 3.34. The first-order chi connectivity index (χ1) is 6.88. The third kappa shape index (κ3) is 1.07. The van der Waals surface area contributed by atoms with E-state index < -0.39 is 0 Å². The van der Waals surface area contributed by atoms with Gasteiger partial charge in [-0.2, -0.15) is 0 Å². The molecule has 0 aromatic heterocycles. The van der Waals surface area contributed by atoms with E-state index in [-0.39, 0.29) is 0 Å². The monoisotopic (exact) mass is 189 g/mol. The first-order valence-electron chi connectivity index (χ1n) is 5.38. The van der Waals surface area contributed by atoms with Crippen LogP contribution in [0, 0.1) is 0 Å². The van der Waals surface area contributed by atoms with Crippen LogP contribution in [0.2, 0.25) is 0 Å². The van der Waals surface area contributed by atoms with E-state index in [4.69, 9.17) is 4.74 Å². The molecular formula is C12H15NO. The molecule has 2 nitrogen and oxygen atoms in total. The molecule has 1 saturated heterocycles. The van der Waals surface area contributed by atoms with Gasteiger partial charge in [0.15, 0.2) is 0 Å². The number of para-hydroxylation sites is 1. The van der Waals surface area contributed by atoms with Crippen LogP contribution < -0.4 is 4.74 Å². The number of likely N-dealkylation sites (tertiary alicyclic amines) is 1. The van der Waals surface area contributed by atoms with Crippen molar-refractivity contribution in [2.75, 3.05) is 13.1 Å². The summed E-state index contributed by atoms with van der Waals surface area (Å²) < 4.78 is 5.91. The van der Waals surface area contributed by atoms with E-state index in [0.717, 1.165) is 18.8 Å². The second-order valence-corrected chi connectivity index (χ2v) is 4.12. The van der Waals surface area contributed by atoms with Crippen LogP contribution in [0.3, 0.4) is 0 Å². The maximum Gasteiger partial charge on any atom is 0.124 e. The van der Waals surface area contributed by atoms with Gasteiger partial charge in [0, 0.05) is 24.6 Å². The fourth-order valence-electron chi connectivity index (χ4n) is 2.66. The van der Waals surface area contributed by atoms with Crippen molar-refractivity contribution < 1.29 is 4.74 Å². The molecule has 2 heterocycles. The predicted molar refractivity (Wildman–Crippen MR) is 55.5 cm³/mol. The quantitative estimate of drug-likeness (QED) is 0.671. The minimum atomic E-state index is 0.426. The van der Waals surface area contributed by atoms with Crippen LogP contribution in [0.25, 0.3) is 0 Å². The molecule has 2 aliphatic rings. The molecule has 2 unspecified atom stereocenters. The van der Waals surface area contributed by atoms with Crippen molar-refractivity contribution in [1.82, 2.24) is 4.90 Å². The van der Waals surface area contributed by atoms with Gasteiger partial charge in [-0.05, 0) is 12.6 Å². The minimum absolute atomic E-state index is 0.426. The highest BCUT2D eigenvalue weighted by Crippen LogP contribution is 2.42. The Balaban J connectivity index is 2.04. The number of benzene rings is 1. The highest BCUT2D eigenvalue weighted by atomic mass is 16.5. The number of hydrogen-bond donors (Lipinski definition) is 0. The molecule has 1 aromatic carbocycles. The summed E-state index contributed by atoms with van der Waals surface area (Å²) >= 11 is 0. The van der Waals surface area contributed by atoms with Crippen LogP contribution in [0.5, 0.6) is 5.75 Å².